The molecular weight excluding hydrogens is 437 g/mol. The quantitative estimate of drug-likeness (QED) is 0.484. The number of rotatable bonds is 9. The molecule has 5 atom stereocenters. The van der Waals surface area contributed by atoms with E-state index in [9.17, 15) is 5.11 Å². The standard InChI is InChI=1S/C19H46O6Si4/c1-19(20)18(25-29(11,12)13)17(24-28(8,9)10)16(23-27(5,6)7)15(22-19)14-21-26(2,3)4/h15-18,20H,14H2,1-13H3/t15-,16-,17+,18-,19+/m1/s1. The van der Waals surface area contributed by atoms with Crippen LogP contribution in [0.5, 0.6) is 0 Å². The van der Waals surface area contributed by atoms with Gasteiger partial charge in [0.05, 0.1) is 6.61 Å². The van der Waals surface area contributed by atoms with E-state index >= 15 is 0 Å². The van der Waals surface area contributed by atoms with Crippen molar-refractivity contribution in [3.05, 3.63) is 0 Å². The van der Waals surface area contributed by atoms with Crippen LogP contribution in [0, 0.1) is 0 Å². The maximum absolute atomic E-state index is 11.3. The molecule has 10 heteroatoms. The van der Waals surface area contributed by atoms with Crippen LogP contribution in [0.3, 0.4) is 0 Å². The van der Waals surface area contributed by atoms with Gasteiger partial charge in [0.25, 0.3) is 0 Å². The van der Waals surface area contributed by atoms with Gasteiger partial charge < -0.3 is 27.5 Å². The molecule has 0 spiro atoms. The van der Waals surface area contributed by atoms with Crippen LogP contribution in [-0.4, -0.2) is 75.2 Å². The molecule has 1 saturated heterocycles. The van der Waals surface area contributed by atoms with Gasteiger partial charge in [-0.25, -0.2) is 0 Å². The van der Waals surface area contributed by atoms with Crippen molar-refractivity contribution in [3.63, 3.8) is 0 Å². The summed E-state index contributed by atoms with van der Waals surface area (Å²) < 4.78 is 32.1. The largest absolute Gasteiger partial charge is 0.415 e. The smallest absolute Gasteiger partial charge is 0.191 e. The molecular formula is C19H46O6Si4. The lowest BCUT2D eigenvalue weighted by molar-refractivity contribution is -0.331. The lowest BCUT2D eigenvalue weighted by Gasteiger charge is -2.53. The summed E-state index contributed by atoms with van der Waals surface area (Å²) in [6, 6.07) is 0. The Hall–Kier alpha value is 0.628. The second-order valence-electron chi connectivity index (χ2n) is 12.2. The Labute approximate surface area is 183 Å². The molecule has 0 radical (unpaired) electrons. The zero-order valence-electron chi connectivity index (χ0n) is 21.0. The second kappa shape index (κ2) is 9.24. The fourth-order valence-corrected chi connectivity index (χ4v) is 7.19. The van der Waals surface area contributed by atoms with Crippen LogP contribution in [-0.2, 0) is 22.4 Å². The van der Waals surface area contributed by atoms with Crippen molar-refractivity contribution in [2.24, 2.45) is 0 Å². The summed E-state index contributed by atoms with van der Waals surface area (Å²) in [5.74, 6) is -1.47. The van der Waals surface area contributed by atoms with Crippen LogP contribution in [0.25, 0.3) is 0 Å². The maximum atomic E-state index is 11.3. The van der Waals surface area contributed by atoms with Gasteiger partial charge in [0.1, 0.15) is 24.4 Å². The normalized spacial score (nSPS) is 32.5. The van der Waals surface area contributed by atoms with Crippen LogP contribution < -0.4 is 0 Å². The molecule has 0 aromatic heterocycles. The Kier molecular flexibility index (Phi) is 8.81. The first kappa shape index (κ1) is 27.7. The van der Waals surface area contributed by atoms with Crippen molar-refractivity contribution in [1.82, 2.24) is 0 Å². The molecule has 0 aliphatic carbocycles. The summed E-state index contributed by atoms with van der Waals surface area (Å²) in [6.45, 7) is 27.8. The SMILES string of the molecule is C[C@]1(O)O[C@H](CO[Si](C)(C)C)[C@@H](O[Si](C)(C)C)[C@H](O[Si](C)(C)C)[C@H]1O[Si](C)(C)C. The Morgan fingerprint density at radius 1 is 0.690 bits per heavy atom. The fourth-order valence-electron chi connectivity index (χ4n) is 3.24. The minimum Gasteiger partial charge on any atom is -0.415 e. The van der Waals surface area contributed by atoms with Gasteiger partial charge in [0, 0.05) is 0 Å². The van der Waals surface area contributed by atoms with E-state index in [2.05, 4.69) is 78.6 Å². The minimum atomic E-state index is -1.98. The van der Waals surface area contributed by atoms with Crippen molar-refractivity contribution in [1.29, 1.82) is 0 Å². The Bertz CT molecular complexity index is 531. The molecule has 0 aromatic carbocycles. The van der Waals surface area contributed by atoms with Crippen molar-refractivity contribution in [3.8, 4) is 0 Å². The third-order valence-corrected chi connectivity index (χ3v) is 8.00. The fraction of sp³-hybridized carbons (Fsp3) is 1.00. The second-order valence-corrected chi connectivity index (χ2v) is 30.1. The monoisotopic (exact) mass is 482 g/mol. The molecule has 29 heavy (non-hydrogen) atoms. The Morgan fingerprint density at radius 2 is 1.10 bits per heavy atom. The van der Waals surface area contributed by atoms with Crippen LogP contribution in [0.1, 0.15) is 6.92 Å². The average Bonchev–Trinajstić information content (AvgIpc) is 2.39. The number of hydrogen-bond donors (Lipinski definition) is 1. The summed E-state index contributed by atoms with van der Waals surface area (Å²) in [7, 11) is -7.63. The van der Waals surface area contributed by atoms with Crippen LogP contribution in [0.15, 0.2) is 0 Å². The molecule has 1 heterocycles. The molecule has 6 nitrogen and oxygen atoms in total. The predicted octanol–water partition coefficient (Wildman–Crippen LogP) is 4.61. The zero-order valence-corrected chi connectivity index (χ0v) is 25.0. The third kappa shape index (κ3) is 10.2. The highest BCUT2D eigenvalue weighted by Crippen LogP contribution is 2.37. The summed E-state index contributed by atoms with van der Waals surface area (Å²) in [5, 5.41) is 11.3. The molecule has 174 valence electrons. The first-order chi connectivity index (χ1) is 12.6. The van der Waals surface area contributed by atoms with Crippen molar-refractivity contribution >= 4 is 33.3 Å². The first-order valence-corrected chi connectivity index (χ1v) is 24.3. The van der Waals surface area contributed by atoms with Gasteiger partial charge in [-0.2, -0.15) is 0 Å². The van der Waals surface area contributed by atoms with Crippen LogP contribution >= 0.6 is 0 Å². The van der Waals surface area contributed by atoms with Gasteiger partial charge in [-0.05, 0) is 85.5 Å². The van der Waals surface area contributed by atoms with E-state index in [-0.39, 0.29) is 6.10 Å². The van der Waals surface area contributed by atoms with Crippen molar-refractivity contribution in [2.45, 2.75) is 116 Å². The van der Waals surface area contributed by atoms with E-state index < -0.39 is 57.4 Å². The molecule has 0 aromatic rings. The van der Waals surface area contributed by atoms with Crippen molar-refractivity contribution in [2.75, 3.05) is 6.61 Å². The topological polar surface area (TPSA) is 66.4 Å². The van der Waals surface area contributed by atoms with Crippen molar-refractivity contribution < 1.29 is 27.5 Å². The minimum absolute atomic E-state index is 0.341. The van der Waals surface area contributed by atoms with E-state index in [0.29, 0.717) is 6.61 Å². The van der Waals surface area contributed by atoms with Gasteiger partial charge in [0.2, 0.25) is 0 Å². The predicted molar refractivity (Wildman–Crippen MR) is 129 cm³/mol. The summed E-state index contributed by atoms with van der Waals surface area (Å²) >= 11 is 0. The third-order valence-electron chi connectivity index (χ3n) is 4.05. The van der Waals surface area contributed by atoms with Gasteiger partial charge in [-0.1, -0.05) is 0 Å². The summed E-state index contributed by atoms with van der Waals surface area (Å²) in [6.07, 6.45) is -1.76. The maximum Gasteiger partial charge on any atom is 0.191 e. The van der Waals surface area contributed by atoms with E-state index in [4.69, 9.17) is 22.4 Å². The number of ether oxygens (including phenoxy) is 1. The molecule has 0 amide bonds. The highest BCUT2D eigenvalue weighted by atomic mass is 28.4. The molecule has 1 rings (SSSR count). The molecule has 0 saturated carbocycles. The van der Waals surface area contributed by atoms with Gasteiger partial charge in [-0.15, -0.1) is 0 Å². The molecule has 0 unspecified atom stereocenters. The molecule has 1 aliphatic rings. The zero-order chi connectivity index (χ0) is 23.1. The summed E-state index contributed by atoms with van der Waals surface area (Å²) in [4.78, 5) is 0. The Balaban J connectivity index is 3.39. The number of hydrogen-bond acceptors (Lipinski definition) is 6. The summed E-state index contributed by atoms with van der Waals surface area (Å²) in [5.41, 5.74) is 0. The first-order valence-electron chi connectivity index (χ1n) is 10.7. The lowest BCUT2D eigenvalue weighted by Crippen LogP contribution is -2.70. The average molecular weight is 483 g/mol. The highest BCUT2D eigenvalue weighted by molar-refractivity contribution is 6.71. The van der Waals surface area contributed by atoms with E-state index in [1.54, 1.807) is 6.92 Å². The van der Waals surface area contributed by atoms with Gasteiger partial charge in [-0.3, -0.25) is 0 Å². The van der Waals surface area contributed by atoms with Crippen LogP contribution in [0.4, 0.5) is 0 Å². The Morgan fingerprint density at radius 3 is 1.48 bits per heavy atom. The van der Waals surface area contributed by atoms with E-state index in [1.807, 2.05) is 0 Å². The highest BCUT2D eigenvalue weighted by Gasteiger charge is 2.56. The number of aliphatic hydroxyl groups is 1. The molecule has 1 N–H and O–H groups in total. The van der Waals surface area contributed by atoms with E-state index in [1.165, 1.54) is 0 Å². The molecule has 1 aliphatic heterocycles. The molecule has 1 fully saturated rings. The van der Waals surface area contributed by atoms with Gasteiger partial charge in [0.15, 0.2) is 39.1 Å². The lowest BCUT2D eigenvalue weighted by atomic mass is 9.94. The van der Waals surface area contributed by atoms with Crippen LogP contribution in [0.2, 0.25) is 78.6 Å². The van der Waals surface area contributed by atoms with Gasteiger partial charge >= 0.3 is 0 Å². The van der Waals surface area contributed by atoms with E-state index in [0.717, 1.165) is 0 Å². The molecule has 0 bridgehead atoms.